The summed E-state index contributed by atoms with van der Waals surface area (Å²) in [6, 6.07) is 1.26. The van der Waals surface area contributed by atoms with Gasteiger partial charge in [-0.1, -0.05) is 11.6 Å². The predicted molar refractivity (Wildman–Crippen MR) is 62.7 cm³/mol. The van der Waals surface area contributed by atoms with Crippen molar-refractivity contribution in [2.75, 3.05) is 0 Å². The van der Waals surface area contributed by atoms with Crippen molar-refractivity contribution in [3.8, 4) is 0 Å². The zero-order valence-electron chi connectivity index (χ0n) is 9.75. The Morgan fingerprint density at radius 2 is 1.89 bits per heavy atom. The van der Waals surface area contributed by atoms with Gasteiger partial charge in [-0.25, -0.2) is 13.2 Å². The van der Waals surface area contributed by atoms with Crippen LogP contribution < -0.4 is 0 Å². The van der Waals surface area contributed by atoms with Gasteiger partial charge in [-0.3, -0.25) is 9.48 Å². The fourth-order valence-electron chi connectivity index (χ4n) is 1.65. The van der Waals surface area contributed by atoms with Crippen LogP contribution in [0.25, 0.3) is 0 Å². The average Bonchev–Trinajstić information content (AvgIpc) is 2.75. The highest BCUT2D eigenvalue weighted by Crippen LogP contribution is 2.21. The van der Waals surface area contributed by atoms with Gasteiger partial charge in [0.15, 0.2) is 17.5 Å². The smallest absolute Gasteiger partial charge is 0.212 e. The highest BCUT2D eigenvalue weighted by atomic mass is 35.5. The van der Waals surface area contributed by atoms with Gasteiger partial charge in [0.2, 0.25) is 5.78 Å². The minimum atomic E-state index is -1.62. The van der Waals surface area contributed by atoms with Gasteiger partial charge in [-0.15, -0.1) is 0 Å². The van der Waals surface area contributed by atoms with Gasteiger partial charge in [0, 0.05) is 12.1 Å². The molecule has 3 nitrogen and oxygen atoms in total. The molecule has 7 heteroatoms. The summed E-state index contributed by atoms with van der Waals surface area (Å²) in [5.41, 5.74) is -0.317. The van der Waals surface area contributed by atoms with E-state index >= 15 is 0 Å². The molecule has 0 N–H and O–H groups in total. The quantitative estimate of drug-likeness (QED) is 0.642. The summed E-state index contributed by atoms with van der Waals surface area (Å²) >= 11 is 5.81. The Morgan fingerprint density at radius 1 is 1.32 bits per heavy atom. The number of hydrogen-bond acceptors (Lipinski definition) is 2. The molecule has 2 aromatic rings. The van der Waals surface area contributed by atoms with E-state index in [4.69, 9.17) is 11.6 Å². The fourth-order valence-corrected chi connectivity index (χ4v) is 1.88. The van der Waals surface area contributed by atoms with E-state index in [1.54, 1.807) is 6.92 Å². The first-order valence-electron chi connectivity index (χ1n) is 5.36. The van der Waals surface area contributed by atoms with E-state index in [1.165, 1.54) is 10.9 Å². The maximum atomic E-state index is 13.1. The monoisotopic (exact) mass is 288 g/mol. The lowest BCUT2D eigenvalue weighted by atomic mass is 10.1. The zero-order chi connectivity index (χ0) is 14.2. The molecule has 1 heterocycles. The second-order valence-electron chi connectivity index (χ2n) is 3.74. The SMILES string of the molecule is CCn1ncc(Cl)c1C(=O)c1cc(F)c(F)c(F)c1. The molecular formula is C12H8ClF3N2O. The summed E-state index contributed by atoms with van der Waals surface area (Å²) in [7, 11) is 0. The van der Waals surface area contributed by atoms with Crippen molar-refractivity contribution in [1.29, 1.82) is 0 Å². The number of rotatable bonds is 3. The lowest BCUT2D eigenvalue weighted by Gasteiger charge is -2.05. The summed E-state index contributed by atoms with van der Waals surface area (Å²) in [5.74, 6) is -5.20. The Morgan fingerprint density at radius 3 is 2.42 bits per heavy atom. The molecule has 0 fully saturated rings. The molecule has 0 bridgehead atoms. The Balaban J connectivity index is 2.53. The van der Waals surface area contributed by atoms with Crippen molar-refractivity contribution in [3.63, 3.8) is 0 Å². The summed E-state index contributed by atoms with van der Waals surface area (Å²) in [6.45, 7) is 2.09. The van der Waals surface area contributed by atoms with Crippen molar-refractivity contribution < 1.29 is 18.0 Å². The van der Waals surface area contributed by atoms with Gasteiger partial charge in [0.1, 0.15) is 5.69 Å². The summed E-state index contributed by atoms with van der Waals surface area (Å²) in [4.78, 5) is 12.1. The Hall–Kier alpha value is -1.82. The third-order valence-electron chi connectivity index (χ3n) is 2.56. The van der Waals surface area contributed by atoms with Gasteiger partial charge < -0.3 is 0 Å². The maximum Gasteiger partial charge on any atom is 0.212 e. The van der Waals surface area contributed by atoms with Crippen LogP contribution in [0.5, 0.6) is 0 Å². The standard InChI is InChI=1S/C12H8ClF3N2O/c1-2-18-11(7(13)5-17-18)12(19)6-3-8(14)10(16)9(15)4-6/h3-5H,2H2,1H3. The van der Waals surface area contributed by atoms with Gasteiger partial charge in [-0.2, -0.15) is 5.10 Å². The molecule has 0 unspecified atom stereocenters. The first-order valence-corrected chi connectivity index (χ1v) is 5.74. The zero-order valence-corrected chi connectivity index (χ0v) is 10.5. The fraction of sp³-hybridized carbons (Fsp3) is 0.167. The molecule has 0 aliphatic heterocycles. The number of halogens is 4. The molecule has 1 aromatic carbocycles. The van der Waals surface area contributed by atoms with Crippen LogP contribution in [0.4, 0.5) is 13.2 Å². The van der Waals surface area contributed by atoms with Crippen LogP contribution >= 0.6 is 11.6 Å². The van der Waals surface area contributed by atoms with Crippen LogP contribution in [-0.4, -0.2) is 15.6 Å². The third kappa shape index (κ3) is 2.35. The lowest BCUT2D eigenvalue weighted by molar-refractivity contribution is 0.102. The number of carbonyl (C=O) groups is 1. The van der Waals surface area contributed by atoms with Gasteiger partial charge in [0.05, 0.1) is 11.2 Å². The van der Waals surface area contributed by atoms with E-state index < -0.39 is 23.2 Å². The molecular weight excluding hydrogens is 281 g/mol. The minimum Gasteiger partial charge on any atom is -0.287 e. The first-order chi connectivity index (χ1) is 8.95. The second kappa shape index (κ2) is 5.05. The third-order valence-corrected chi connectivity index (χ3v) is 2.83. The van der Waals surface area contributed by atoms with Gasteiger partial charge in [-0.05, 0) is 19.1 Å². The van der Waals surface area contributed by atoms with Gasteiger partial charge in [0.25, 0.3) is 0 Å². The molecule has 100 valence electrons. The van der Waals surface area contributed by atoms with Crippen molar-refractivity contribution >= 4 is 17.4 Å². The number of carbonyl (C=O) groups excluding carboxylic acids is 1. The minimum absolute atomic E-state index is 0.00887. The largest absolute Gasteiger partial charge is 0.287 e. The van der Waals surface area contributed by atoms with Crippen LogP contribution in [0, 0.1) is 17.5 Å². The normalized spacial score (nSPS) is 10.8. The van der Waals surface area contributed by atoms with Crippen LogP contribution in [0.1, 0.15) is 23.0 Å². The number of aromatic nitrogens is 2. The van der Waals surface area contributed by atoms with Crippen molar-refractivity contribution in [2.24, 2.45) is 0 Å². The van der Waals surface area contributed by atoms with E-state index in [9.17, 15) is 18.0 Å². The number of benzene rings is 1. The Kier molecular flexibility index (Phi) is 3.61. The van der Waals surface area contributed by atoms with E-state index in [0.29, 0.717) is 18.7 Å². The van der Waals surface area contributed by atoms with Gasteiger partial charge >= 0.3 is 0 Å². The lowest BCUT2D eigenvalue weighted by Crippen LogP contribution is -2.12. The van der Waals surface area contributed by atoms with Crippen LogP contribution in [0.3, 0.4) is 0 Å². The second-order valence-corrected chi connectivity index (χ2v) is 4.15. The van der Waals surface area contributed by atoms with Crippen LogP contribution in [-0.2, 0) is 6.54 Å². The molecule has 0 saturated carbocycles. The van der Waals surface area contributed by atoms with E-state index in [0.717, 1.165) is 0 Å². The molecule has 0 aliphatic rings. The average molecular weight is 289 g/mol. The maximum absolute atomic E-state index is 13.1. The first kappa shape index (κ1) is 13.6. The van der Waals surface area contributed by atoms with Crippen molar-refractivity contribution in [3.05, 3.63) is 52.1 Å². The molecule has 19 heavy (non-hydrogen) atoms. The van der Waals surface area contributed by atoms with Crippen molar-refractivity contribution in [2.45, 2.75) is 13.5 Å². The Bertz CT molecular complexity index is 631. The van der Waals surface area contributed by atoms with Crippen molar-refractivity contribution in [1.82, 2.24) is 9.78 Å². The number of hydrogen-bond donors (Lipinski definition) is 0. The van der Waals surface area contributed by atoms with E-state index in [-0.39, 0.29) is 16.3 Å². The molecule has 0 atom stereocenters. The molecule has 0 amide bonds. The summed E-state index contributed by atoms with van der Waals surface area (Å²) < 4.78 is 40.3. The molecule has 0 aliphatic carbocycles. The van der Waals surface area contributed by atoms with E-state index in [1.807, 2.05) is 0 Å². The molecule has 1 aromatic heterocycles. The number of ketones is 1. The summed E-state index contributed by atoms with van der Waals surface area (Å²) in [6.07, 6.45) is 1.26. The Labute approximate surface area is 111 Å². The molecule has 0 radical (unpaired) electrons. The highest BCUT2D eigenvalue weighted by molar-refractivity contribution is 6.34. The molecule has 0 saturated heterocycles. The highest BCUT2D eigenvalue weighted by Gasteiger charge is 2.21. The van der Waals surface area contributed by atoms with Crippen LogP contribution in [0.15, 0.2) is 18.3 Å². The van der Waals surface area contributed by atoms with Crippen LogP contribution in [0.2, 0.25) is 5.02 Å². The topological polar surface area (TPSA) is 34.9 Å². The number of nitrogens with zero attached hydrogens (tertiary/aromatic N) is 2. The molecule has 0 spiro atoms. The predicted octanol–water partition coefficient (Wildman–Crippen LogP) is 3.20. The van der Waals surface area contributed by atoms with E-state index in [2.05, 4.69) is 5.10 Å². The number of aryl methyl sites for hydroxylation is 1. The summed E-state index contributed by atoms with van der Waals surface area (Å²) in [5, 5.41) is 3.91. The molecule has 2 rings (SSSR count).